The van der Waals surface area contributed by atoms with Gasteiger partial charge in [0, 0.05) is 31.9 Å². The maximum Gasteiger partial charge on any atom is 0.180 e. The van der Waals surface area contributed by atoms with Crippen molar-refractivity contribution in [1.29, 1.82) is 0 Å². The molecule has 0 bridgehead atoms. The number of amidine groups is 1. The number of aromatic amines is 1. The van der Waals surface area contributed by atoms with Gasteiger partial charge in [-0.1, -0.05) is 61.9 Å². The van der Waals surface area contributed by atoms with Crippen LogP contribution < -0.4 is 0 Å². The summed E-state index contributed by atoms with van der Waals surface area (Å²) in [6.07, 6.45) is 8.69. The molecule has 2 aliphatic heterocycles. The fourth-order valence-corrected chi connectivity index (χ4v) is 5.28. The number of unbranched alkanes of at least 4 members (excludes halogenated alkanes) is 1. The second-order valence-electron chi connectivity index (χ2n) is 10.3. The summed E-state index contributed by atoms with van der Waals surface area (Å²) in [5.74, 6) is 2.72. The Bertz CT molecular complexity index is 1240. The van der Waals surface area contributed by atoms with Gasteiger partial charge < -0.3 is 14.7 Å². The number of tetrazole rings is 1. The van der Waals surface area contributed by atoms with Crippen LogP contribution in [0.25, 0.3) is 22.5 Å². The fraction of sp³-hybridized carbons (Fsp3) is 0.429. The van der Waals surface area contributed by atoms with E-state index in [1.807, 2.05) is 12.1 Å². The Hall–Kier alpha value is -3.68. The molecule has 1 aliphatic carbocycles. The molecular weight excluding hydrogens is 448 g/mol. The Morgan fingerprint density at radius 2 is 1.83 bits per heavy atom. The second kappa shape index (κ2) is 9.76. The minimum absolute atomic E-state index is 0.207. The monoisotopic (exact) mass is 482 g/mol. The molecule has 1 unspecified atom stereocenters. The molecule has 0 radical (unpaired) electrons. The summed E-state index contributed by atoms with van der Waals surface area (Å²) in [7, 11) is 2.18. The Morgan fingerprint density at radius 3 is 2.56 bits per heavy atom. The predicted molar refractivity (Wildman–Crippen MR) is 141 cm³/mol. The molecule has 6 rings (SSSR count). The second-order valence-corrected chi connectivity index (χ2v) is 10.3. The predicted octanol–water partition coefficient (Wildman–Crippen LogP) is 4.72. The minimum Gasteiger partial charge on any atom is -0.361 e. The van der Waals surface area contributed by atoms with Crippen LogP contribution in [0.15, 0.2) is 65.4 Å². The molecule has 1 N–H and O–H groups in total. The summed E-state index contributed by atoms with van der Waals surface area (Å²) in [6, 6.07) is 17.1. The Morgan fingerprint density at radius 1 is 1.03 bits per heavy atom. The maximum absolute atomic E-state index is 5.28. The van der Waals surface area contributed by atoms with Gasteiger partial charge in [-0.3, -0.25) is 0 Å². The number of aromatic nitrogens is 4. The van der Waals surface area contributed by atoms with E-state index in [4.69, 9.17) is 4.99 Å². The number of nitrogens with zero attached hydrogens (tertiary/aromatic N) is 7. The van der Waals surface area contributed by atoms with Crippen molar-refractivity contribution in [3.63, 3.8) is 0 Å². The highest BCUT2D eigenvalue weighted by molar-refractivity contribution is 6.00. The molecule has 1 aromatic heterocycles. The molecule has 3 heterocycles. The van der Waals surface area contributed by atoms with Crippen LogP contribution in [0.4, 0.5) is 0 Å². The number of rotatable bonds is 9. The third kappa shape index (κ3) is 4.59. The normalized spacial score (nSPS) is 19.4. The molecule has 0 spiro atoms. The summed E-state index contributed by atoms with van der Waals surface area (Å²) in [4.78, 5) is 12.6. The van der Waals surface area contributed by atoms with Gasteiger partial charge in [0.25, 0.3) is 0 Å². The minimum atomic E-state index is 0.207. The number of hydrogen-bond acceptors (Lipinski definition) is 7. The quantitative estimate of drug-likeness (QED) is 0.476. The van der Waals surface area contributed by atoms with E-state index < -0.39 is 0 Å². The molecule has 0 amide bonds. The highest BCUT2D eigenvalue weighted by Crippen LogP contribution is 2.36. The van der Waals surface area contributed by atoms with E-state index in [0.717, 1.165) is 48.8 Å². The van der Waals surface area contributed by atoms with Crippen LogP contribution in [0.3, 0.4) is 0 Å². The van der Waals surface area contributed by atoms with Gasteiger partial charge in [-0.25, -0.2) is 10.1 Å². The lowest BCUT2D eigenvalue weighted by molar-refractivity contribution is 0.231. The van der Waals surface area contributed by atoms with Gasteiger partial charge in [-0.2, -0.15) is 0 Å². The van der Waals surface area contributed by atoms with Gasteiger partial charge in [-0.05, 0) is 58.7 Å². The fourth-order valence-electron chi connectivity index (χ4n) is 5.28. The topological polar surface area (TPSA) is 76.5 Å². The van der Waals surface area contributed by atoms with E-state index in [1.165, 1.54) is 42.8 Å². The summed E-state index contributed by atoms with van der Waals surface area (Å²) >= 11 is 0. The molecule has 1 atom stereocenters. The van der Waals surface area contributed by atoms with Gasteiger partial charge >= 0.3 is 0 Å². The number of H-pyrrole nitrogens is 1. The maximum atomic E-state index is 5.28. The Labute approximate surface area is 212 Å². The van der Waals surface area contributed by atoms with Gasteiger partial charge in [0.1, 0.15) is 6.17 Å². The van der Waals surface area contributed by atoms with Gasteiger partial charge in [0.2, 0.25) is 0 Å². The van der Waals surface area contributed by atoms with Crippen molar-refractivity contribution >= 4 is 5.84 Å². The highest BCUT2D eigenvalue weighted by Gasteiger charge is 2.38. The van der Waals surface area contributed by atoms with E-state index in [0.29, 0.717) is 5.82 Å². The largest absolute Gasteiger partial charge is 0.361 e. The van der Waals surface area contributed by atoms with Gasteiger partial charge in [0.15, 0.2) is 11.7 Å². The summed E-state index contributed by atoms with van der Waals surface area (Å²) in [5.41, 5.74) is 5.83. The summed E-state index contributed by atoms with van der Waals surface area (Å²) in [6.45, 7) is 5.18. The first-order chi connectivity index (χ1) is 17.7. The zero-order chi connectivity index (χ0) is 24.5. The van der Waals surface area contributed by atoms with Crippen LogP contribution in [-0.2, 0) is 6.54 Å². The molecule has 186 valence electrons. The number of nitrogens with one attached hydrogen (secondary N) is 1. The van der Waals surface area contributed by atoms with E-state index in [9.17, 15) is 0 Å². The van der Waals surface area contributed by atoms with Crippen molar-refractivity contribution in [2.24, 2.45) is 10.9 Å². The first-order valence-electron chi connectivity index (χ1n) is 13.1. The Kier molecular flexibility index (Phi) is 6.17. The number of aliphatic imine (C=N–C) groups is 1. The lowest BCUT2D eigenvalue weighted by Crippen LogP contribution is -2.45. The highest BCUT2D eigenvalue weighted by atomic mass is 15.5. The molecule has 1 fully saturated rings. The van der Waals surface area contributed by atoms with Crippen LogP contribution in [0, 0.1) is 5.92 Å². The lowest BCUT2D eigenvalue weighted by atomic mass is 9.98. The van der Waals surface area contributed by atoms with Crippen LogP contribution in [0.1, 0.15) is 44.6 Å². The van der Waals surface area contributed by atoms with Crippen molar-refractivity contribution in [3.05, 3.63) is 66.0 Å². The van der Waals surface area contributed by atoms with Gasteiger partial charge in [0.05, 0.1) is 12.4 Å². The molecular formula is C28H34N8. The van der Waals surface area contributed by atoms with Crippen LogP contribution >= 0.6 is 0 Å². The smallest absolute Gasteiger partial charge is 0.180 e. The summed E-state index contributed by atoms with van der Waals surface area (Å²) < 4.78 is 0. The Balaban J connectivity index is 1.25. The first-order valence-corrected chi connectivity index (χ1v) is 13.1. The van der Waals surface area contributed by atoms with Crippen molar-refractivity contribution in [2.45, 2.75) is 51.7 Å². The van der Waals surface area contributed by atoms with E-state index in [2.05, 4.69) is 91.9 Å². The van der Waals surface area contributed by atoms with E-state index >= 15 is 0 Å². The molecule has 1 saturated carbocycles. The standard InChI is InChI=1S/C28H34N8/c1-3-4-9-26-29-28-25(18-34(2)19-35(28)16-20-10-11-20)36(26)17-21-12-14-22(15-13-21)23-7-5-6-8-24(23)27-30-32-33-31-27/h5-8,12-15,18,20,26H,3-4,9-11,16-17,19H2,1-2H3,(H,30,31,32,33). The zero-order valence-electron chi connectivity index (χ0n) is 21.1. The molecule has 36 heavy (non-hydrogen) atoms. The molecule has 3 aromatic rings. The first kappa shape index (κ1) is 22.8. The van der Waals surface area contributed by atoms with Crippen molar-refractivity contribution in [3.8, 4) is 22.5 Å². The number of fused-ring (bicyclic) bond motifs is 1. The average molecular weight is 483 g/mol. The van der Waals surface area contributed by atoms with Gasteiger partial charge in [-0.15, -0.1) is 5.10 Å². The van der Waals surface area contributed by atoms with Crippen LogP contribution in [0.2, 0.25) is 0 Å². The lowest BCUT2D eigenvalue weighted by Gasteiger charge is -2.36. The molecule has 8 heteroatoms. The third-order valence-electron chi connectivity index (χ3n) is 7.34. The van der Waals surface area contributed by atoms with Crippen LogP contribution in [0.5, 0.6) is 0 Å². The van der Waals surface area contributed by atoms with E-state index in [-0.39, 0.29) is 6.17 Å². The average Bonchev–Trinajstić information content (AvgIpc) is 3.41. The molecule has 8 nitrogen and oxygen atoms in total. The summed E-state index contributed by atoms with van der Waals surface area (Å²) in [5, 5.41) is 14.5. The van der Waals surface area contributed by atoms with Crippen molar-refractivity contribution in [2.75, 3.05) is 20.3 Å². The molecule has 3 aliphatic rings. The van der Waals surface area contributed by atoms with Crippen molar-refractivity contribution < 1.29 is 0 Å². The number of benzene rings is 2. The molecule has 0 saturated heterocycles. The zero-order valence-corrected chi connectivity index (χ0v) is 21.1. The SMILES string of the molecule is CCCCC1N=C2C(=CN(C)CN2CC2CC2)N1Cc1ccc(-c2ccccc2-c2nnn[nH]2)cc1. The number of hydrogen-bond donors (Lipinski definition) is 1. The van der Waals surface area contributed by atoms with E-state index in [1.54, 1.807) is 0 Å². The van der Waals surface area contributed by atoms with Crippen LogP contribution in [-0.4, -0.2) is 67.6 Å². The molecule has 2 aromatic carbocycles. The third-order valence-corrected chi connectivity index (χ3v) is 7.34. The van der Waals surface area contributed by atoms with Crippen molar-refractivity contribution in [1.82, 2.24) is 35.3 Å².